The monoisotopic (exact) mass is 252 g/mol. The maximum Gasteiger partial charge on any atom is 0.0300 e. The molecule has 1 aliphatic heterocycles. The Hall–Kier alpha value is -0.380. The first kappa shape index (κ1) is 13.1. The quantitative estimate of drug-likeness (QED) is 0.811. The number of hydrogen-bond acceptors (Lipinski definition) is 3. The molecule has 96 valence electrons. The van der Waals surface area contributed by atoms with Crippen LogP contribution in [-0.2, 0) is 6.54 Å². The van der Waals surface area contributed by atoms with Crippen LogP contribution in [0.4, 0.5) is 0 Å². The molecule has 1 aliphatic rings. The summed E-state index contributed by atoms with van der Waals surface area (Å²) in [7, 11) is 0. The molecule has 2 heterocycles. The molecule has 3 heteroatoms. The summed E-state index contributed by atoms with van der Waals surface area (Å²) in [6.07, 6.45) is 2.76. The largest absolute Gasteiger partial charge is 0.311 e. The van der Waals surface area contributed by atoms with E-state index in [9.17, 15) is 0 Å². The molecular formula is C14H24N2S. The number of nitrogens with zero attached hydrogens (tertiary/aromatic N) is 1. The predicted octanol–water partition coefficient (Wildman–Crippen LogP) is 2.88. The van der Waals surface area contributed by atoms with Crippen LogP contribution in [0.5, 0.6) is 0 Å². The van der Waals surface area contributed by atoms with Gasteiger partial charge in [0.1, 0.15) is 0 Å². The number of hydrogen-bond donors (Lipinski definition) is 1. The summed E-state index contributed by atoms with van der Waals surface area (Å²) >= 11 is 1.90. The van der Waals surface area contributed by atoms with Crippen molar-refractivity contribution in [3.63, 3.8) is 0 Å². The maximum absolute atomic E-state index is 3.54. The van der Waals surface area contributed by atoms with E-state index in [0.717, 1.165) is 19.0 Å². The number of aryl methyl sites for hydroxylation is 1. The van der Waals surface area contributed by atoms with Crippen LogP contribution < -0.4 is 5.32 Å². The van der Waals surface area contributed by atoms with Crippen molar-refractivity contribution in [2.24, 2.45) is 5.92 Å². The van der Waals surface area contributed by atoms with E-state index in [1.165, 1.54) is 42.2 Å². The molecule has 0 spiro atoms. The molecule has 17 heavy (non-hydrogen) atoms. The third-order valence-electron chi connectivity index (χ3n) is 3.58. The lowest BCUT2D eigenvalue weighted by Gasteiger charge is -2.30. The van der Waals surface area contributed by atoms with Gasteiger partial charge in [-0.3, -0.25) is 0 Å². The number of piperidine rings is 1. The molecule has 0 unspecified atom stereocenters. The van der Waals surface area contributed by atoms with Crippen LogP contribution in [0.1, 0.15) is 29.5 Å². The number of nitrogens with one attached hydrogen (secondary N) is 1. The Balaban J connectivity index is 1.57. The van der Waals surface area contributed by atoms with Gasteiger partial charge in [-0.1, -0.05) is 6.92 Å². The van der Waals surface area contributed by atoms with Crippen molar-refractivity contribution in [3.8, 4) is 0 Å². The smallest absolute Gasteiger partial charge is 0.0300 e. The summed E-state index contributed by atoms with van der Waals surface area (Å²) in [5.41, 5.74) is 0. The van der Waals surface area contributed by atoms with Gasteiger partial charge in [-0.25, -0.2) is 0 Å². The Labute approximate surface area is 109 Å². The summed E-state index contributed by atoms with van der Waals surface area (Å²) in [5, 5.41) is 3.54. The van der Waals surface area contributed by atoms with E-state index in [2.05, 4.69) is 36.2 Å². The normalized spacial score (nSPS) is 18.7. The van der Waals surface area contributed by atoms with Crippen molar-refractivity contribution < 1.29 is 0 Å². The van der Waals surface area contributed by atoms with Gasteiger partial charge in [-0.05, 0) is 50.9 Å². The number of thiophene rings is 1. The molecule has 2 nitrogen and oxygen atoms in total. The zero-order chi connectivity index (χ0) is 12.1. The molecule has 0 aliphatic carbocycles. The minimum atomic E-state index is 0.938. The lowest BCUT2D eigenvalue weighted by Crippen LogP contribution is -2.37. The standard InChI is InChI=1S/C14H24N2S/c1-12-5-8-16(9-6-12)10-7-15-11-14-4-3-13(2)17-14/h3-4,12,15H,5-11H2,1-2H3. The summed E-state index contributed by atoms with van der Waals surface area (Å²) in [6, 6.07) is 4.43. The van der Waals surface area contributed by atoms with Crippen LogP contribution in [0.3, 0.4) is 0 Å². The molecule has 1 saturated heterocycles. The van der Waals surface area contributed by atoms with Gasteiger partial charge in [-0.2, -0.15) is 0 Å². The minimum Gasteiger partial charge on any atom is -0.311 e. The predicted molar refractivity (Wildman–Crippen MR) is 75.6 cm³/mol. The van der Waals surface area contributed by atoms with Gasteiger partial charge in [0.25, 0.3) is 0 Å². The second-order valence-electron chi connectivity index (χ2n) is 5.21. The third-order valence-corrected chi connectivity index (χ3v) is 4.58. The van der Waals surface area contributed by atoms with E-state index in [1.54, 1.807) is 0 Å². The molecule has 0 saturated carbocycles. The van der Waals surface area contributed by atoms with Crippen LogP contribution >= 0.6 is 11.3 Å². The van der Waals surface area contributed by atoms with Gasteiger partial charge in [0.2, 0.25) is 0 Å². The highest BCUT2D eigenvalue weighted by Crippen LogP contribution is 2.16. The molecule has 0 aromatic carbocycles. The SMILES string of the molecule is Cc1ccc(CNCCN2CCC(C)CC2)s1. The van der Waals surface area contributed by atoms with Gasteiger partial charge in [0, 0.05) is 29.4 Å². The summed E-state index contributed by atoms with van der Waals surface area (Å²) in [5.74, 6) is 0.938. The Morgan fingerprint density at radius 2 is 2.12 bits per heavy atom. The Morgan fingerprint density at radius 1 is 1.35 bits per heavy atom. The van der Waals surface area contributed by atoms with Crippen molar-refractivity contribution in [3.05, 3.63) is 21.9 Å². The highest BCUT2D eigenvalue weighted by molar-refractivity contribution is 7.11. The van der Waals surface area contributed by atoms with E-state index < -0.39 is 0 Å². The van der Waals surface area contributed by atoms with Crippen molar-refractivity contribution in [1.29, 1.82) is 0 Å². The average molecular weight is 252 g/mol. The highest BCUT2D eigenvalue weighted by Gasteiger charge is 2.14. The van der Waals surface area contributed by atoms with Gasteiger partial charge < -0.3 is 10.2 Å². The van der Waals surface area contributed by atoms with Crippen LogP contribution in [-0.4, -0.2) is 31.1 Å². The van der Waals surface area contributed by atoms with Crippen molar-refractivity contribution in [2.45, 2.75) is 33.2 Å². The molecule has 0 atom stereocenters. The Kier molecular flexibility index (Phi) is 5.01. The average Bonchev–Trinajstić information content (AvgIpc) is 2.73. The van der Waals surface area contributed by atoms with E-state index in [1.807, 2.05) is 11.3 Å². The van der Waals surface area contributed by atoms with E-state index in [4.69, 9.17) is 0 Å². The van der Waals surface area contributed by atoms with Crippen LogP contribution in [0.2, 0.25) is 0 Å². The fourth-order valence-corrected chi connectivity index (χ4v) is 3.17. The van der Waals surface area contributed by atoms with Gasteiger partial charge in [0.15, 0.2) is 0 Å². The first-order chi connectivity index (χ1) is 8.24. The van der Waals surface area contributed by atoms with Gasteiger partial charge in [-0.15, -0.1) is 11.3 Å². The first-order valence-electron chi connectivity index (χ1n) is 6.72. The lowest BCUT2D eigenvalue weighted by molar-refractivity contribution is 0.193. The van der Waals surface area contributed by atoms with Crippen LogP contribution in [0, 0.1) is 12.8 Å². The molecule has 1 aromatic heterocycles. The fraction of sp³-hybridized carbons (Fsp3) is 0.714. The first-order valence-corrected chi connectivity index (χ1v) is 7.54. The zero-order valence-corrected chi connectivity index (χ0v) is 11.9. The van der Waals surface area contributed by atoms with Gasteiger partial charge >= 0.3 is 0 Å². The zero-order valence-electron chi connectivity index (χ0n) is 11.0. The molecular weight excluding hydrogens is 228 g/mol. The molecule has 1 fully saturated rings. The second-order valence-corrected chi connectivity index (χ2v) is 6.59. The van der Waals surface area contributed by atoms with Crippen LogP contribution in [0.25, 0.3) is 0 Å². The van der Waals surface area contributed by atoms with E-state index in [-0.39, 0.29) is 0 Å². The van der Waals surface area contributed by atoms with E-state index >= 15 is 0 Å². The summed E-state index contributed by atoms with van der Waals surface area (Å²) in [6.45, 7) is 10.5. The maximum atomic E-state index is 3.54. The summed E-state index contributed by atoms with van der Waals surface area (Å²) in [4.78, 5) is 5.45. The number of likely N-dealkylation sites (tertiary alicyclic amines) is 1. The summed E-state index contributed by atoms with van der Waals surface area (Å²) < 4.78 is 0. The van der Waals surface area contributed by atoms with Crippen molar-refractivity contribution in [2.75, 3.05) is 26.2 Å². The van der Waals surface area contributed by atoms with Crippen molar-refractivity contribution >= 4 is 11.3 Å². The molecule has 0 amide bonds. The fourth-order valence-electron chi connectivity index (χ4n) is 2.31. The minimum absolute atomic E-state index is 0.938. The van der Waals surface area contributed by atoms with Crippen molar-refractivity contribution in [1.82, 2.24) is 10.2 Å². The lowest BCUT2D eigenvalue weighted by atomic mass is 9.99. The molecule has 1 N–H and O–H groups in total. The van der Waals surface area contributed by atoms with Crippen LogP contribution in [0.15, 0.2) is 12.1 Å². The molecule has 1 aromatic rings. The number of rotatable bonds is 5. The molecule has 2 rings (SSSR count). The van der Waals surface area contributed by atoms with Gasteiger partial charge in [0.05, 0.1) is 0 Å². The van der Waals surface area contributed by atoms with E-state index in [0.29, 0.717) is 0 Å². The second kappa shape index (κ2) is 6.53. The Morgan fingerprint density at radius 3 is 2.76 bits per heavy atom. The Bertz CT molecular complexity index is 327. The molecule has 0 radical (unpaired) electrons. The third kappa shape index (κ3) is 4.41. The molecule has 0 bridgehead atoms. The highest BCUT2D eigenvalue weighted by atomic mass is 32.1. The topological polar surface area (TPSA) is 15.3 Å².